The van der Waals surface area contributed by atoms with Gasteiger partial charge < -0.3 is 19.7 Å². The van der Waals surface area contributed by atoms with Crippen LogP contribution in [-0.4, -0.2) is 63.5 Å². The fourth-order valence-corrected chi connectivity index (χ4v) is 3.86. The Morgan fingerprint density at radius 2 is 2.09 bits per heavy atom. The van der Waals surface area contributed by atoms with Crippen molar-refractivity contribution in [2.24, 2.45) is 10.9 Å². The van der Waals surface area contributed by atoms with Crippen LogP contribution in [0, 0.1) is 5.92 Å². The van der Waals surface area contributed by atoms with E-state index in [1.165, 1.54) is 38.5 Å². The van der Waals surface area contributed by atoms with E-state index in [0.29, 0.717) is 5.92 Å². The van der Waals surface area contributed by atoms with Crippen LogP contribution in [0.2, 0.25) is 0 Å². The number of ether oxygens (including phenoxy) is 2. The van der Waals surface area contributed by atoms with Crippen molar-refractivity contribution >= 4 is 5.96 Å². The Balaban J connectivity index is 1.87. The molecule has 0 spiro atoms. The van der Waals surface area contributed by atoms with Gasteiger partial charge in [0.2, 0.25) is 0 Å². The zero-order chi connectivity index (χ0) is 16.5. The first-order valence-electron chi connectivity index (χ1n) is 9.31. The van der Waals surface area contributed by atoms with E-state index in [9.17, 15) is 0 Å². The molecule has 2 fully saturated rings. The zero-order valence-electron chi connectivity index (χ0n) is 15.3. The first kappa shape index (κ1) is 18.5. The molecule has 2 rings (SSSR count). The van der Waals surface area contributed by atoms with Crippen LogP contribution in [0.15, 0.2) is 4.99 Å². The summed E-state index contributed by atoms with van der Waals surface area (Å²) < 4.78 is 11.6. The summed E-state index contributed by atoms with van der Waals surface area (Å²) >= 11 is 0. The third kappa shape index (κ3) is 5.35. The fraction of sp³-hybridized carbons (Fsp3) is 0.944. The second-order valence-electron chi connectivity index (χ2n) is 7.05. The maximum Gasteiger partial charge on any atom is 0.193 e. The van der Waals surface area contributed by atoms with Crippen molar-refractivity contribution in [3.8, 4) is 0 Å². The van der Waals surface area contributed by atoms with Crippen LogP contribution in [0.1, 0.15) is 51.9 Å². The molecule has 1 heterocycles. The largest absolute Gasteiger partial charge is 0.384 e. The van der Waals surface area contributed by atoms with E-state index in [2.05, 4.69) is 22.1 Å². The fourth-order valence-electron chi connectivity index (χ4n) is 3.86. The van der Waals surface area contributed by atoms with E-state index >= 15 is 0 Å². The second-order valence-corrected chi connectivity index (χ2v) is 7.05. The highest BCUT2D eigenvalue weighted by atomic mass is 16.5. The Morgan fingerprint density at radius 3 is 2.74 bits per heavy atom. The molecule has 2 aliphatic rings. The van der Waals surface area contributed by atoms with Gasteiger partial charge in [-0.15, -0.1) is 0 Å². The first-order chi connectivity index (χ1) is 11.2. The molecular formula is C18H35N3O2. The van der Waals surface area contributed by atoms with Crippen LogP contribution >= 0.6 is 0 Å². The van der Waals surface area contributed by atoms with E-state index in [4.69, 9.17) is 9.47 Å². The predicted molar refractivity (Wildman–Crippen MR) is 95.0 cm³/mol. The van der Waals surface area contributed by atoms with Gasteiger partial charge >= 0.3 is 0 Å². The van der Waals surface area contributed by atoms with Crippen LogP contribution in [0.3, 0.4) is 0 Å². The summed E-state index contributed by atoms with van der Waals surface area (Å²) in [5, 5.41) is 3.60. The number of rotatable bonds is 7. The Kier molecular flexibility index (Phi) is 7.63. The third-order valence-corrected chi connectivity index (χ3v) is 5.15. The van der Waals surface area contributed by atoms with E-state index in [1.54, 1.807) is 7.11 Å². The van der Waals surface area contributed by atoms with Crippen LogP contribution < -0.4 is 5.32 Å². The average Bonchev–Trinajstić information content (AvgIpc) is 3.03. The predicted octanol–water partition coefficient (Wildman–Crippen LogP) is 2.66. The lowest BCUT2D eigenvalue weighted by Gasteiger charge is -2.38. The maximum absolute atomic E-state index is 6.28. The van der Waals surface area contributed by atoms with Gasteiger partial charge in [-0.2, -0.15) is 0 Å². The Morgan fingerprint density at radius 1 is 1.30 bits per heavy atom. The van der Waals surface area contributed by atoms with Crippen LogP contribution in [0.4, 0.5) is 0 Å². The molecule has 1 aliphatic carbocycles. The summed E-state index contributed by atoms with van der Waals surface area (Å²) in [7, 11) is 3.67. The summed E-state index contributed by atoms with van der Waals surface area (Å²) in [5.74, 6) is 1.65. The SMILES string of the molecule is CCCOC1(CNC(=NC)N2CCC(COC)C2)CCCCC1. The first-order valence-corrected chi connectivity index (χ1v) is 9.31. The molecule has 0 amide bonds. The van der Waals surface area contributed by atoms with Crippen molar-refractivity contribution in [3.63, 3.8) is 0 Å². The van der Waals surface area contributed by atoms with Crippen LogP contribution in [0.5, 0.6) is 0 Å². The molecule has 1 N–H and O–H groups in total. The molecule has 5 heteroatoms. The van der Waals surface area contributed by atoms with Crippen LogP contribution in [0.25, 0.3) is 0 Å². The number of methoxy groups -OCH3 is 1. The quantitative estimate of drug-likeness (QED) is 0.577. The molecule has 1 aliphatic heterocycles. The number of likely N-dealkylation sites (tertiary alicyclic amines) is 1. The summed E-state index contributed by atoms with van der Waals surface area (Å²) in [4.78, 5) is 6.86. The minimum absolute atomic E-state index is 0.00978. The summed E-state index contributed by atoms with van der Waals surface area (Å²) in [6.07, 6.45) is 8.52. The summed E-state index contributed by atoms with van der Waals surface area (Å²) in [6, 6.07) is 0. The standard InChI is InChI=1S/C18H35N3O2/c1-4-12-23-18(9-6-5-7-10-18)15-20-17(19-2)21-11-8-16(13-21)14-22-3/h16H,4-15H2,1-3H3,(H,19,20). The normalized spacial score (nSPS) is 24.9. The highest BCUT2D eigenvalue weighted by molar-refractivity contribution is 5.80. The van der Waals surface area contributed by atoms with E-state index in [-0.39, 0.29) is 5.60 Å². The number of hydrogen-bond donors (Lipinski definition) is 1. The third-order valence-electron chi connectivity index (χ3n) is 5.15. The van der Waals surface area contributed by atoms with Crippen molar-refractivity contribution in [1.82, 2.24) is 10.2 Å². The van der Waals surface area contributed by atoms with Gasteiger partial charge in [-0.3, -0.25) is 4.99 Å². The zero-order valence-corrected chi connectivity index (χ0v) is 15.3. The molecule has 1 saturated heterocycles. The molecule has 1 saturated carbocycles. The molecule has 134 valence electrons. The van der Waals surface area contributed by atoms with Gasteiger partial charge in [-0.25, -0.2) is 0 Å². The Bertz CT molecular complexity index is 367. The lowest BCUT2D eigenvalue weighted by molar-refractivity contribution is -0.0659. The maximum atomic E-state index is 6.28. The molecule has 23 heavy (non-hydrogen) atoms. The van der Waals surface area contributed by atoms with Gasteiger partial charge in [0.05, 0.1) is 12.2 Å². The molecule has 0 radical (unpaired) electrons. The number of nitrogens with one attached hydrogen (secondary N) is 1. The number of aliphatic imine (C=N–C) groups is 1. The Labute approximate surface area is 141 Å². The monoisotopic (exact) mass is 325 g/mol. The van der Waals surface area contributed by atoms with Crippen LogP contribution in [-0.2, 0) is 9.47 Å². The number of guanidine groups is 1. The van der Waals surface area contributed by atoms with Gasteiger partial charge in [-0.05, 0) is 25.7 Å². The lowest BCUT2D eigenvalue weighted by atomic mass is 9.84. The average molecular weight is 325 g/mol. The molecule has 0 aromatic carbocycles. The topological polar surface area (TPSA) is 46.1 Å². The molecule has 5 nitrogen and oxygen atoms in total. The molecule has 1 unspecified atom stereocenters. The Hall–Kier alpha value is -0.810. The van der Waals surface area contributed by atoms with Gasteiger partial charge in [0.15, 0.2) is 5.96 Å². The van der Waals surface area contributed by atoms with Crippen molar-refractivity contribution < 1.29 is 9.47 Å². The van der Waals surface area contributed by atoms with Crippen molar-refractivity contribution in [2.75, 3.05) is 47.0 Å². The van der Waals surface area contributed by atoms with Crippen molar-refractivity contribution in [2.45, 2.75) is 57.5 Å². The highest BCUT2D eigenvalue weighted by Crippen LogP contribution is 2.31. The molecule has 1 atom stereocenters. The summed E-state index contributed by atoms with van der Waals surface area (Å²) in [6.45, 7) is 6.87. The molecule has 0 aromatic heterocycles. The van der Waals surface area contributed by atoms with Gasteiger partial charge in [0.25, 0.3) is 0 Å². The van der Waals surface area contributed by atoms with E-state index in [0.717, 1.165) is 45.2 Å². The molecule has 0 bridgehead atoms. The highest BCUT2D eigenvalue weighted by Gasteiger charge is 2.34. The van der Waals surface area contributed by atoms with Crippen molar-refractivity contribution in [1.29, 1.82) is 0 Å². The number of hydrogen-bond acceptors (Lipinski definition) is 3. The summed E-state index contributed by atoms with van der Waals surface area (Å²) in [5.41, 5.74) is 0.00978. The van der Waals surface area contributed by atoms with Gasteiger partial charge in [0, 0.05) is 46.3 Å². The molecule has 0 aromatic rings. The van der Waals surface area contributed by atoms with E-state index < -0.39 is 0 Å². The minimum Gasteiger partial charge on any atom is -0.384 e. The second kappa shape index (κ2) is 9.48. The minimum atomic E-state index is 0.00978. The van der Waals surface area contributed by atoms with Gasteiger partial charge in [-0.1, -0.05) is 26.2 Å². The van der Waals surface area contributed by atoms with Crippen molar-refractivity contribution in [3.05, 3.63) is 0 Å². The molecular weight excluding hydrogens is 290 g/mol. The smallest absolute Gasteiger partial charge is 0.193 e. The number of nitrogens with zero attached hydrogens (tertiary/aromatic N) is 2. The lowest BCUT2D eigenvalue weighted by Crippen LogP contribution is -2.50. The van der Waals surface area contributed by atoms with Gasteiger partial charge in [0.1, 0.15) is 0 Å². The van der Waals surface area contributed by atoms with E-state index in [1.807, 2.05) is 7.05 Å².